The number of morpholine rings is 2. The fourth-order valence-corrected chi connectivity index (χ4v) is 14.2. The van der Waals surface area contributed by atoms with Crippen LogP contribution >= 0.6 is 11.6 Å². The molecule has 3 aromatic heterocycles. The maximum Gasteiger partial charge on any atom is 0.246 e. The van der Waals surface area contributed by atoms with Crippen LogP contribution in [0.2, 0.25) is 5.02 Å². The molecule has 8 heterocycles. The zero-order valence-corrected chi connectivity index (χ0v) is 54.1. The highest BCUT2D eigenvalue weighted by atomic mass is 35.5. The summed E-state index contributed by atoms with van der Waals surface area (Å²) in [5.74, 6) is 2.52. The van der Waals surface area contributed by atoms with Gasteiger partial charge in [-0.15, -0.1) is 0 Å². The number of carbonyl (C=O) groups excluding carboxylic acids is 2. The first-order valence-electron chi connectivity index (χ1n) is 31.5. The van der Waals surface area contributed by atoms with Crippen molar-refractivity contribution in [3.8, 4) is 51.0 Å². The van der Waals surface area contributed by atoms with Gasteiger partial charge in [0.05, 0.1) is 121 Å². The molecule has 0 unspecified atom stereocenters. The lowest BCUT2D eigenvalue weighted by Crippen LogP contribution is -2.39. The monoisotopic (exact) mass is 1260 g/mol. The molecule has 2 fully saturated rings. The summed E-state index contributed by atoms with van der Waals surface area (Å²) in [6.07, 6.45) is 7.11. The van der Waals surface area contributed by atoms with E-state index in [4.69, 9.17) is 45.3 Å². The molecule has 0 saturated carbocycles. The molecule has 17 rings (SSSR count). The number of methoxy groups -OCH3 is 3. The number of nitrogens with zero attached hydrogens (tertiary/aromatic N) is 8. The van der Waals surface area contributed by atoms with Crippen molar-refractivity contribution in [3.05, 3.63) is 192 Å². The number of halogens is 1. The highest BCUT2D eigenvalue weighted by Crippen LogP contribution is 2.53. The second kappa shape index (κ2) is 24.5. The summed E-state index contributed by atoms with van der Waals surface area (Å²) in [6, 6.07) is 56.2. The third-order valence-corrected chi connectivity index (χ3v) is 19.1. The van der Waals surface area contributed by atoms with Crippen LogP contribution in [0.15, 0.2) is 176 Å². The van der Waals surface area contributed by atoms with Crippen LogP contribution in [0.1, 0.15) is 11.1 Å². The Hall–Kier alpha value is -10.6. The van der Waals surface area contributed by atoms with Crippen LogP contribution in [-0.2, 0) is 26.1 Å². The Labute approximate surface area is 549 Å². The van der Waals surface area contributed by atoms with E-state index in [2.05, 4.69) is 169 Å². The Balaban J connectivity index is 0.000000118. The van der Waals surface area contributed by atoms with E-state index in [9.17, 15) is 9.59 Å². The highest BCUT2D eigenvalue weighted by molar-refractivity contribution is 6.31. The summed E-state index contributed by atoms with van der Waals surface area (Å²) in [5, 5.41) is 11.1. The predicted octanol–water partition coefficient (Wildman–Crippen LogP) is 15.3. The van der Waals surface area contributed by atoms with Crippen LogP contribution in [-0.4, -0.2) is 127 Å². The van der Waals surface area contributed by atoms with E-state index >= 15 is 0 Å². The van der Waals surface area contributed by atoms with Crippen molar-refractivity contribution in [3.63, 3.8) is 0 Å². The molecule has 0 spiro atoms. The number of rotatable bonds is 7. The molecule has 5 aliphatic heterocycles. The van der Waals surface area contributed by atoms with Gasteiger partial charge in [0.15, 0.2) is 0 Å². The molecule has 12 aromatic rings. The molecule has 0 N–H and O–H groups in total. The van der Waals surface area contributed by atoms with Crippen molar-refractivity contribution in [1.29, 1.82) is 0 Å². The van der Waals surface area contributed by atoms with Crippen LogP contribution < -0.4 is 33.5 Å². The normalized spacial score (nSPS) is 14.5. The summed E-state index contributed by atoms with van der Waals surface area (Å²) >= 11 is 6.25. The maximum absolute atomic E-state index is 12.6. The Morgan fingerprint density at radius 3 is 1.35 bits per heavy atom. The van der Waals surface area contributed by atoms with Crippen molar-refractivity contribution < 1.29 is 37.8 Å². The van der Waals surface area contributed by atoms with Gasteiger partial charge in [0, 0.05) is 127 Å². The van der Waals surface area contributed by atoms with Crippen molar-refractivity contribution >= 4 is 135 Å². The molecule has 9 aromatic carbocycles. The van der Waals surface area contributed by atoms with Crippen molar-refractivity contribution in [2.75, 3.05) is 110 Å². The lowest BCUT2D eigenvalue weighted by atomic mass is 9.92. The topological polar surface area (TPSA) is 126 Å². The molecule has 0 radical (unpaired) electrons. The molecule has 94 heavy (non-hydrogen) atoms. The third kappa shape index (κ3) is 10.4. The minimum atomic E-state index is 0.0161. The first kappa shape index (κ1) is 59.7. The number of hydrogen-bond acceptors (Lipinski definition) is 12. The largest absolute Gasteiger partial charge is 0.497 e. The smallest absolute Gasteiger partial charge is 0.246 e. The number of fused-ring (bicyclic) bond motifs is 12. The van der Waals surface area contributed by atoms with Crippen LogP contribution in [0.4, 0.5) is 34.1 Å². The van der Waals surface area contributed by atoms with Gasteiger partial charge in [-0.05, 0) is 107 Å². The Bertz CT molecular complexity index is 5180. The fourth-order valence-electron chi connectivity index (χ4n) is 14.0. The fraction of sp³-hybridized carbons (Fsp3) is 0.192. The van der Waals surface area contributed by atoms with Crippen molar-refractivity contribution in [1.82, 2.24) is 19.8 Å². The summed E-state index contributed by atoms with van der Waals surface area (Å²) in [5.41, 5.74) is 18.0. The van der Waals surface area contributed by atoms with Crippen LogP contribution in [0, 0.1) is 0 Å². The molecule has 2 saturated heterocycles. The second-order valence-corrected chi connectivity index (χ2v) is 24.5. The van der Waals surface area contributed by atoms with E-state index in [1.807, 2.05) is 64.4 Å². The molecular formula is C78H68ClN8O7+. The number of benzene rings is 9. The van der Waals surface area contributed by atoms with E-state index in [1.165, 1.54) is 32.9 Å². The second-order valence-electron chi connectivity index (χ2n) is 24.0. The lowest BCUT2D eigenvalue weighted by molar-refractivity contribution is -0.632. The SMILES string of the molecule is COc1cc2c3c([n+](C)c4ccccc4c3c1)-c1ccc(/C=C/C(=O)N3CCOCC3)cc1N2C.COc1cc2c3c(nc4ccccc4c3c1)-c1ccc(/C=C/C(=O)N3CCOCC3)cc1N2C.COc1cc2c3c(nc4ccccc4c3c1)-c1ccc(Cl)cc1N2C. The van der Waals surface area contributed by atoms with E-state index in [-0.39, 0.29) is 11.8 Å². The molecule has 16 heteroatoms. The molecular weight excluding hydrogens is 1200 g/mol. The van der Waals surface area contributed by atoms with Gasteiger partial charge < -0.3 is 48.2 Å². The van der Waals surface area contributed by atoms with Gasteiger partial charge in [-0.1, -0.05) is 78.3 Å². The van der Waals surface area contributed by atoms with Crippen LogP contribution in [0.5, 0.6) is 17.2 Å². The number of ether oxygens (including phenoxy) is 5. The van der Waals surface area contributed by atoms with E-state index in [0.29, 0.717) is 57.6 Å². The van der Waals surface area contributed by atoms with Gasteiger partial charge in [0.25, 0.3) is 0 Å². The molecule has 0 bridgehead atoms. The molecule has 0 atom stereocenters. The summed E-state index contributed by atoms with van der Waals surface area (Å²) in [6.45, 7) is 4.95. The number of pyridine rings is 3. The number of aromatic nitrogens is 3. The third-order valence-electron chi connectivity index (χ3n) is 18.9. The molecule has 0 aliphatic carbocycles. The zero-order chi connectivity index (χ0) is 64.5. The number of hydrogen-bond donors (Lipinski definition) is 0. The Kier molecular flexibility index (Phi) is 15.5. The lowest BCUT2D eigenvalue weighted by Gasteiger charge is -2.31. The summed E-state index contributed by atoms with van der Waals surface area (Å²) in [7, 11) is 13.5. The highest BCUT2D eigenvalue weighted by Gasteiger charge is 2.33. The van der Waals surface area contributed by atoms with E-state index in [0.717, 1.165) is 128 Å². The Morgan fingerprint density at radius 2 is 0.862 bits per heavy atom. The molecule has 468 valence electrons. The molecule has 2 amide bonds. The first-order valence-corrected chi connectivity index (χ1v) is 31.9. The number of carbonyl (C=O) groups is 2. The quantitative estimate of drug-likeness (QED) is 0.0856. The molecule has 5 aliphatic rings. The number of aryl methyl sites for hydroxylation is 1. The van der Waals surface area contributed by atoms with Gasteiger partial charge in [-0.25, -0.2) is 9.97 Å². The minimum Gasteiger partial charge on any atom is -0.497 e. The Morgan fingerprint density at radius 1 is 0.457 bits per heavy atom. The van der Waals surface area contributed by atoms with Crippen LogP contribution in [0.3, 0.4) is 0 Å². The number of para-hydroxylation sites is 3. The van der Waals surface area contributed by atoms with E-state index in [1.54, 1.807) is 33.5 Å². The predicted molar refractivity (Wildman–Crippen MR) is 379 cm³/mol. The minimum absolute atomic E-state index is 0.0161. The average molecular weight is 1260 g/mol. The van der Waals surface area contributed by atoms with Gasteiger partial charge in [0.1, 0.15) is 24.3 Å². The van der Waals surface area contributed by atoms with Gasteiger partial charge >= 0.3 is 0 Å². The van der Waals surface area contributed by atoms with Gasteiger partial charge in [0.2, 0.25) is 23.0 Å². The van der Waals surface area contributed by atoms with Crippen LogP contribution in [0.25, 0.3) is 111 Å². The zero-order valence-electron chi connectivity index (χ0n) is 53.4. The van der Waals surface area contributed by atoms with E-state index < -0.39 is 0 Å². The van der Waals surface area contributed by atoms with Gasteiger partial charge in [-0.3, -0.25) is 9.59 Å². The number of anilines is 6. The van der Waals surface area contributed by atoms with Gasteiger partial charge in [-0.2, -0.15) is 4.57 Å². The van der Waals surface area contributed by atoms with Crippen molar-refractivity contribution in [2.45, 2.75) is 0 Å². The summed E-state index contributed by atoms with van der Waals surface area (Å²) < 4.78 is 29.9. The van der Waals surface area contributed by atoms with Crippen molar-refractivity contribution in [2.24, 2.45) is 7.05 Å². The first-order chi connectivity index (χ1) is 45.9. The standard InChI is InChI=1S/C29H28N3O3.C28H25N3O3.C21H15ClN2O/c1-30-25-16-19(9-11-27(33)32-12-14-35-15-13-32)8-10-22(25)29-28-23(17-20(34-3)18-26(28)30)21-6-4-5-7-24(21)31(29)2;1-30-24-15-18(8-10-26(32)31-11-13-34-14-12-31)7-9-21(24)28-27-22(16-19(33-2)17-25(27)30)20-5-3-4-6-23(20)29-28;1-24-18-9-12(22)7-8-15(18)21-20-16(10-13(25-2)11-19(20)24)14-5-3-4-6-17(14)23-21/h4-11,16-18H,12-15H2,1-3H3;3-10,15-17H,11-14H2,1-2H3;3-11H,1-2H3/q+1;;/b11-9+;10-8+;. The maximum atomic E-state index is 12.6. The molecule has 15 nitrogen and oxygen atoms in total. The number of amides is 2. The average Bonchev–Trinajstić information content (AvgIpc) is 0.731. The summed E-state index contributed by atoms with van der Waals surface area (Å²) in [4.78, 5) is 45.5.